The van der Waals surface area contributed by atoms with Gasteiger partial charge in [0.15, 0.2) is 5.69 Å². The van der Waals surface area contributed by atoms with Gasteiger partial charge in [0.05, 0.1) is 5.69 Å². The monoisotopic (exact) mass is 233 g/mol. The third-order valence-electron chi connectivity index (χ3n) is 2.76. The highest BCUT2D eigenvalue weighted by molar-refractivity contribution is 5.88. The number of hydrogen-bond acceptors (Lipinski definition) is 3. The van der Waals surface area contributed by atoms with Crippen LogP contribution in [0, 0.1) is 13.8 Å². The van der Waals surface area contributed by atoms with Gasteiger partial charge in [-0.1, -0.05) is 13.8 Å². The summed E-state index contributed by atoms with van der Waals surface area (Å²) in [5.74, 6) is -0.0228. The van der Waals surface area contributed by atoms with Crippen molar-refractivity contribution in [3.8, 4) is 0 Å². The molecule has 0 atom stereocenters. The van der Waals surface area contributed by atoms with Crippen molar-refractivity contribution in [2.24, 2.45) is 0 Å². The summed E-state index contributed by atoms with van der Waals surface area (Å²) in [4.78, 5) is 19.9. The molecule has 0 fully saturated rings. The third kappa shape index (κ3) is 1.77. The maximum absolute atomic E-state index is 11.2. The largest absolute Gasteiger partial charge is 0.477 e. The highest BCUT2D eigenvalue weighted by atomic mass is 16.4. The Hall–Kier alpha value is -1.91. The molecule has 0 bridgehead atoms. The summed E-state index contributed by atoms with van der Waals surface area (Å²) in [6.45, 7) is 7.59. The summed E-state index contributed by atoms with van der Waals surface area (Å²) in [5, 5.41) is 9.17. The summed E-state index contributed by atoms with van der Waals surface area (Å²) in [7, 11) is 0. The summed E-state index contributed by atoms with van der Waals surface area (Å²) in [5.41, 5.74) is 2.29. The van der Waals surface area contributed by atoms with Crippen LogP contribution in [0.5, 0.6) is 0 Å². The molecule has 90 valence electrons. The first-order chi connectivity index (χ1) is 7.91. The van der Waals surface area contributed by atoms with E-state index in [1.54, 1.807) is 18.2 Å². The lowest BCUT2D eigenvalue weighted by molar-refractivity contribution is 0.0688. The number of hydrogen-bond donors (Lipinski definition) is 1. The van der Waals surface area contributed by atoms with E-state index < -0.39 is 5.97 Å². The number of nitrogens with zero attached hydrogens (tertiary/aromatic N) is 3. The number of carboxylic acids is 1. The Balaban J connectivity index is 2.82. The molecule has 0 aliphatic heterocycles. The summed E-state index contributed by atoms with van der Waals surface area (Å²) >= 11 is 0. The number of carbonyl (C=O) groups is 1. The SMILES string of the molecule is Cc1nc2cc(C(C)C)nc(C)n2c1C(=O)O. The summed E-state index contributed by atoms with van der Waals surface area (Å²) in [6.07, 6.45) is 0. The van der Waals surface area contributed by atoms with Crippen LogP contribution in [-0.4, -0.2) is 25.4 Å². The first-order valence-electron chi connectivity index (χ1n) is 5.51. The molecule has 17 heavy (non-hydrogen) atoms. The Morgan fingerprint density at radius 3 is 2.53 bits per heavy atom. The number of rotatable bonds is 2. The minimum atomic E-state index is -0.975. The lowest BCUT2D eigenvalue weighted by atomic mass is 10.1. The van der Waals surface area contributed by atoms with E-state index in [0.29, 0.717) is 23.1 Å². The molecule has 2 aromatic rings. The minimum absolute atomic E-state index is 0.195. The van der Waals surface area contributed by atoms with Crippen molar-refractivity contribution < 1.29 is 9.90 Å². The zero-order valence-corrected chi connectivity index (χ0v) is 10.4. The highest BCUT2D eigenvalue weighted by Crippen LogP contribution is 2.18. The van der Waals surface area contributed by atoms with E-state index in [0.717, 1.165) is 5.69 Å². The van der Waals surface area contributed by atoms with Gasteiger partial charge in [-0.3, -0.25) is 4.40 Å². The van der Waals surface area contributed by atoms with Gasteiger partial charge in [-0.15, -0.1) is 0 Å². The van der Waals surface area contributed by atoms with Gasteiger partial charge in [-0.25, -0.2) is 14.8 Å². The first kappa shape index (κ1) is 11.6. The molecule has 0 aromatic carbocycles. The number of carboxylic acid groups (broad SMARTS) is 1. The van der Waals surface area contributed by atoms with E-state index in [-0.39, 0.29) is 5.69 Å². The molecule has 0 amide bonds. The van der Waals surface area contributed by atoms with Crippen LogP contribution in [0.1, 0.15) is 47.5 Å². The smallest absolute Gasteiger partial charge is 0.354 e. The van der Waals surface area contributed by atoms with Crippen LogP contribution in [0.3, 0.4) is 0 Å². The van der Waals surface area contributed by atoms with Gasteiger partial charge in [-0.05, 0) is 19.8 Å². The molecule has 2 aromatic heterocycles. The molecule has 5 nitrogen and oxygen atoms in total. The first-order valence-corrected chi connectivity index (χ1v) is 5.51. The van der Waals surface area contributed by atoms with E-state index in [9.17, 15) is 4.79 Å². The second kappa shape index (κ2) is 3.84. The number of aryl methyl sites for hydroxylation is 2. The number of imidazole rings is 1. The number of fused-ring (bicyclic) bond motifs is 1. The van der Waals surface area contributed by atoms with Crippen molar-refractivity contribution in [2.75, 3.05) is 0 Å². The van der Waals surface area contributed by atoms with Gasteiger partial charge < -0.3 is 5.11 Å². The molecular formula is C12H15N3O2. The lowest BCUT2D eigenvalue weighted by Gasteiger charge is -2.08. The van der Waals surface area contributed by atoms with Gasteiger partial charge in [0, 0.05) is 11.8 Å². The second-order valence-electron chi connectivity index (χ2n) is 4.43. The van der Waals surface area contributed by atoms with Crippen LogP contribution >= 0.6 is 0 Å². The molecular weight excluding hydrogens is 218 g/mol. The molecule has 1 N–H and O–H groups in total. The molecule has 2 heterocycles. The quantitative estimate of drug-likeness (QED) is 0.863. The van der Waals surface area contributed by atoms with Crippen LogP contribution in [0.2, 0.25) is 0 Å². The molecule has 0 spiro atoms. The molecule has 0 aliphatic carbocycles. The maximum atomic E-state index is 11.2. The second-order valence-corrected chi connectivity index (χ2v) is 4.43. The molecule has 0 aliphatic rings. The van der Waals surface area contributed by atoms with Crippen LogP contribution in [0.25, 0.3) is 5.65 Å². The highest BCUT2D eigenvalue weighted by Gasteiger charge is 2.18. The van der Waals surface area contributed by atoms with Crippen molar-refractivity contribution in [3.05, 3.63) is 29.0 Å². The predicted octanol–water partition coefficient (Wildman–Crippen LogP) is 2.17. The van der Waals surface area contributed by atoms with E-state index >= 15 is 0 Å². The van der Waals surface area contributed by atoms with Crippen LogP contribution in [-0.2, 0) is 0 Å². The predicted molar refractivity (Wildman–Crippen MR) is 63.5 cm³/mol. The maximum Gasteiger partial charge on any atom is 0.354 e. The fourth-order valence-corrected chi connectivity index (χ4v) is 1.92. The Morgan fingerprint density at radius 2 is 2.00 bits per heavy atom. The van der Waals surface area contributed by atoms with Crippen LogP contribution in [0.4, 0.5) is 0 Å². The fraction of sp³-hybridized carbons (Fsp3) is 0.417. The zero-order valence-electron chi connectivity index (χ0n) is 10.4. The normalized spacial score (nSPS) is 11.4. The Morgan fingerprint density at radius 1 is 1.35 bits per heavy atom. The molecule has 0 unspecified atom stereocenters. The lowest BCUT2D eigenvalue weighted by Crippen LogP contribution is -2.08. The van der Waals surface area contributed by atoms with Crippen molar-refractivity contribution in [1.29, 1.82) is 0 Å². The van der Waals surface area contributed by atoms with E-state index in [2.05, 4.69) is 9.97 Å². The Kier molecular flexibility index (Phi) is 2.61. The fourth-order valence-electron chi connectivity index (χ4n) is 1.92. The topological polar surface area (TPSA) is 67.5 Å². The van der Waals surface area contributed by atoms with Gasteiger partial charge in [0.25, 0.3) is 0 Å². The Bertz CT molecular complexity index is 599. The van der Waals surface area contributed by atoms with E-state index in [4.69, 9.17) is 5.11 Å². The number of aromatic carboxylic acids is 1. The Labute approximate surface area is 99.1 Å². The zero-order chi connectivity index (χ0) is 12.7. The standard InChI is InChI=1S/C12H15N3O2/c1-6(2)9-5-10-13-7(3)11(12(16)17)15(10)8(4)14-9/h5-6H,1-4H3,(H,16,17). The average Bonchev–Trinajstić information content (AvgIpc) is 2.54. The van der Waals surface area contributed by atoms with Gasteiger partial charge in [-0.2, -0.15) is 0 Å². The summed E-state index contributed by atoms with van der Waals surface area (Å²) in [6, 6.07) is 1.84. The van der Waals surface area contributed by atoms with Crippen LogP contribution in [0.15, 0.2) is 6.07 Å². The van der Waals surface area contributed by atoms with Crippen molar-refractivity contribution in [2.45, 2.75) is 33.6 Å². The molecule has 2 rings (SSSR count). The number of aromatic nitrogens is 3. The third-order valence-corrected chi connectivity index (χ3v) is 2.76. The van der Waals surface area contributed by atoms with Gasteiger partial charge in [0.2, 0.25) is 0 Å². The van der Waals surface area contributed by atoms with Crippen LogP contribution < -0.4 is 0 Å². The molecule has 5 heteroatoms. The summed E-state index contributed by atoms with van der Waals surface area (Å²) < 4.78 is 1.59. The van der Waals surface area contributed by atoms with Crippen molar-refractivity contribution >= 4 is 11.6 Å². The van der Waals surface area contributed by atoms with E-state index in [1.807, 2.05) is 19.9 Å². The molecule has 0 saturated heterocycles. The van der Waals surface area contributed by atoms with E-state index in [1.165, 1.54) is 0 Å². The van der Waals surface area contributed by atoms with Crippen molar-refractivity contribution in [1.82, 2.24) is 14.4 Å². The minimum Gasteiger partial charge on any atom is -0.477 e. The van der Waals surface area contributed by atoms with Crippen molar-refractivity contribution in [3.63, 3.8) is 0 Å². The molecule has 0 radical (unpaired) electrons. The van der Waals surface area contributed by atoms with Gasteiger partial charge in [0.1, 0.15) is 11.5 Å². The average molecular weight is 233 g/mol. The van der Waals surface area contributed by atoms with Gasteiger partial charge >= 0.3 is 5.97 Å². The molecule has 0 saturated carbocycles.